The monoisotopic (exact) mass is 416 g/mol. The molecule has 0 radical (unpaired) electrons. The molecule has 0 N–H and O–H groups in total. The van der Waals surface area contributed by atoms with Gasteiger partial charge in [-0.15, -0.1) is 12.4 Å². The Labute approximate surface area is 179 Å². The Morgan fingerprint density at radius 1 is 1.00 bits per heavy atom. The van der Waals surface area contributed by atoms with E-state index in [1.165, 1.54) is 12.7 Å². The average Bonchev–Trinajstić information content (AvgIpc) is 2.76. The van der Waals surface area contributed by atoms with Gasteiger partial charge in [-0.2, -0.15) is 0 Å². The molecule has 3 rings (SSSR count). The van der Waals surface area contributed by atoms with Gasteiger partial charge in [-0.3, -0.25) is 14.6 Å². The summed E-state index contributed by atoms with van der Waals surface area (Å²) in [4.78, 5) is 29.9. The third kappa shape index (κ3) is 4.98. The van der Waals surface area contributed by atoms with Crippen LogP contribution in [0.4, 0.5) is 5.69 Å². The van der Waals surface area contributed by atoms with Crippen molar-refractivity contribution in [2.45, 2.75) is 38.3 Å². The summed E-state index contributed by atoms with van der Waals surface area (Å²) < 4.78 is 5.19. The molecule has 0 spiro atoms. The number of hydrogen-bond donors (Lipinski definition) is 0. The van der Waals surface area contributed by atoms with Crippen LogP contribution < -0.4 is 4.90 Å². The fourth-order valence-electron chi connectivity index (χ4n) is 4.00. The maximum absolute atomic E-state index is 13.0. The summed E-state index contributed by atoms with van der Waals surface area (Å²) in [6.07, 6.45) is 1.43. The number of likely N-dealkylation sites (tertiary alicyclic amines) is 1. The maximum atomic E-state index is 13.0. The molecule has 2 aromatic rings. The van der Waals surface area contributed by atoms with Crippen molar-refractivity contribution < 1.29 is 14.3 Å². The molecule has 1 amide bonds. The molecule has 2 aromatic carbocycles. The Kier molecular flexibility index (Phi) is 8.23. The molecule has 1 saturated heterocycles. The van der Waals surface area contributed by atoms with Crippen molar-refractivity contribution in [3.8, 4) is 0 Å². The normalized spacial score (nSPS) is 15.8. The number of hydrogen-bond acceptors (Lipinski definition) is 4. The van der Waals surface area contributed by atoms with Gasteiger partial charge in [0.1, 0.15) is 5.54 Å². The third-order valence-electron chi connectivity index (χ3n) is 5.49. The molecule has 1 aliphatic heterocycles. The molecule has 1 heterocycles. The maximum Gasteiger partial charge on any atom is 0.332 e. The predicted octanol–water partition coefficient (Wildman–Crippen LogP) is 4.06. The molecular formula is C23H29ClN2O3. The smallest absolute Gasteiger partial charge is 0.332 e. The molecule has 0 unspecified atom stereocenters. The fourth-order valence-corrected chi connectivity index (χ4v) is 4.00. The molecule has 0 bridgehead atoms. The van der Waals surface area contributed by atoms with E-state index < -0.39 is 5.54 Å². The predicted molar refractivity (Wildman–Crippen MR) is 117 cm³/mol. The molecule has 0 saturated carbocycles. The molecule has 0 aromatic heterocycles. The average molecular weight is 417 g/mol. The van der Waals surface area contributed by atoms with E-state index in [-0.39, 0.29) is 24.3 Å². The lowest BCUT2D eigenvalue weighted by Crippen LogP contribution is -2.62. The van der Waals surface area contributed by atoms with Crippen molar-refractivity contribution in [1.29, 1.82) is 0 Å². The lowest BCUT2D eigenvalue weighted by Gasteiger charge is -2.46. The summed E-state index contributed by atoms with van der Waals surface area (Å²) in [5.41, 5.74) is 1.03. The first-order valence-electron chi connectivity index (χ1n) is 9.83. The van der Waals surface area contributed by atoms with E-state index in [0.717, 1.165) is 25.3 Å². The number of methoxy groups -OCH3 is 1. The third-order valence-corrected chi connectivity index (χ3v) is 5.49. The van der Waals surface area contributed by atoms with Gasteiger partial charge in [-0.25, -0.2) is 4.79 Å². The fraction of sp³-hybridized carbons (Fsp3) is 0.391. The quantitative estimate of drug-likeness (QED) is 0.666. The summed E-state index contributed by atoms with van der Waals surface area (Å²) in [6, 6.07) is 19.8. The van der Waals surface area contributed by atoms with E-state index in [0.29, 0.717) is 19.3 Å². The zero-order valence-electron chi connectivity index (χ0n) is 17.0. The summed E-state index contributed by atoms with van der Waals surface area (Å²) in [5, 5.41) is 0. The zero-order valence-corrected chi connectivity index (χ0v) is 17.9. The number of carbonyl (C=O) groups excluding carboxylic acids is 2. The summed E-state index contributed by atoms with van der Waals surface area (Å²) in [7, 11) is 1.40. The highest BCUT2D eigenvalue weighted by Crippen LogP contribution is 2.35. The Morgan fingerprint density at radius 3 is 2.07 bits per heavy atom. The second kappa shape index (κ2) is 10.4. The first-order chi connectivity index (χ1) is 13.6. The molecule has 0 aliphatic carbocycles. The van der Waals surface area contributed by atoms with E-state index in [1.54, 1.807) is 4.90 Å². The van der Waals surface area contributed by atoms with E-state index in [1.807, 2.05) is 55.5 Å². The van der Waals surface area contributed by atoms with Gasteiger partial charge < -0.3 is 4.74 Å². The minimum absolute atomic E-state index is 0. The van der Waals surface area contributed by atoms with Gasteiger partial charge in [0.05, 0.1) is 7.11 Å². The molecule has 6 heteroatoms. The van der Waals surface area contributed by atoms with Crippen LogP contribution in [-0.4, -0.2) is 42.5 Å². The van der Waals surface area contributed by atoms with Gasteiger partial charge in [0.25, 0.3) is 0 Å². The van der Waals surface area contributed by atoms with Crippen molar-refractivity contribution in [2.24, 2.45) is 0 Å². The molecular weight excluding hydrogens is 388 g/mol. The summed E-state index contributed by atoms with van der Waals surface area (Å²) in [5.74, 6) is -0.398. The standard InChI is InChI=1S/C23H28N2O3.ClH/c1-3-21(26)25(20-12-8-5-9-13-20)23(22(27)28-2)14-16-24(17-15-23)18-19-10-6-4-7-11-19;/h4-13H,3,14-18H2,1-2H3;1H. The van der Waals surface area contributed by atoms with Crippen molar-refractivity contribution in [1.82, 2.24) is 4.90 Å². The number of anilines is 1. The van der Waals surface area contributed by atoms with Gasteiger partial charge in [-0.1, -0.05) is 55.5 Å². The Bertz CT molecular complexity index is 790. The Hall–Kier alpha value is -2.37. The van der Waals surface area contributed by atoms with Crippen LogP contribution in [0.15, 0.2) is 60.7 Å². The van der Waals surface area contributed by atoms with Crippen LogP contribution in [0.2, 0.25) is 0 Å². The number of esters is 1. The van der Waals surface area contributed by atoms with Crippen molar-refractivity contribution in [3.05, 3.63) is 66.2 Å². The molecule has 1 aliphatic rings. The number of benzene rings is 2. The lowest BCUT2D eigenvalue weighted by molar-refractivity contribution is -0.151. The largest absolute Gasteiger partial charge is 0.467 e. The van der Waals surface area contributed by atoms with E-state index >= 15 is 0 Å². The van der Waals surface area contributed by atoms with Crippen LogP contribution in [0, 0.1) is 0 Å². The molecule has 156 valence electrons. The number of halogens is 1. The number of carbonyl (C=O) groups is 2. The number of piperidine rings is 1. The number of nitrogens with zero attached hydrogens (tertiary/aromatic N) is 2. The number of ether oxygens (including phenoxy) is 1. The minimum Gasteiger partial charge on any atom is -0.467 e. The highest BCUT2D eigenvalue weighted by atomic mass is 35.5. The second-order valence-corrected chi connectivity index (χ2v) is 7.20. The van der Waals surface area contributed by atoms with Crippen LogP contribution in [0.3, 0.4) is 0 Å². The highest BCUT2D eigenvalue weighted by molar-refractivity contribution is 6.02. The number of para-hydroxylation sites is 1. The van der Waals surface area contributed by atoms with E-state index in [2.05, 4.69) is 17.0 Å². The van der Waals surface area contributed by atoms with Gasteiger partial charge in [0, 0.05) is 31.7 Å². The van der Waals surface area contributed by atoms with Gasteiger partial charge in [-0.05, 0) is 30.5 Å². The van der Waals surface area contributed by atoms with Gasteiger partial charge >= 0.3 is 5.97 Å². The van der Waals surface area contributed by atoms with Crippen LogP contribution in [0.25, 0.3) is 0 Å². The Morgan fingerprint density at radius 2 is 1.55 bits per heavy atom. The molecule has 0 atom stereocenters. The first-order valence-corrected chi connectivity index (χ1v) is 9.83. The number of amides is 1. The Balaban J connectivity index is 0.00000300. The molecule has 5 nitrogen and oxygen atoms in total. The van der Waals surface area contributed by atoms with Crippen molar-refractivity contribution in [3.63, 3.8) is 0 Å². The SMILES string of the molecule is CCC(=O)N(c1ccccc1)C1(C(=O)OC)CCN(Cc2ccccc2)CC1.Cl. The van der Waals surface area contributed by atoms with E-state index in [9.17, 15) is 9.59 Å². The van der Waals surface area contributed by atoms with Crippen LogP contribution in [0.5, 0.6) is 0 Å². The minimum atomic E-state index is -0.962. The summed E-state index contributed by atoms with van der Waals surface area (Å²) >= 11 is 0. The summed E-state index contributed by atoms with van der Waals surface area (Å²) in [6.45, 7) is 4.12. The topological polar surface area (TPSA) is 49.9 Å². The highest BCUT2D eigenvalue weighted by Gasteiger charge is 2.49. The molecule has 1 fully saturated rings. The van der Waals surface area contributed by atoms with Gasteiger partial charge in [0.15, 0.2) is 0 Å². The zero-order chi connectivity index (χ0) is 20.0. The van der Waals surface area contributed by atoms with Crippen molar-refractivity contribution >= 4 is 30.0 Å². The number of rotatable bonds is 6. The van der Waals surface area contributed by atoms with Crippen LogP contribution in [-0.2, 0) is 20.9 Å². The van der Waals surface area contributed by atoms with Gasteiger partial charge in [0.2, 0.25) is 5.91 Å². The van der Waals surface area contributed by atoms with E-state index in [4.69, 9.17) is 4.74 Å². The first kappa shape index (κ1) is 22.9. The lowest BCUT2D eigenvalue weighted by atomic mass is 9.84. The van der Waals surface area contributed by atoms with Crippen molar-refractivity contribution in [2.75, 3.05) is 25.1 Å². The van der Waals surface area contributed by atoms with Crippen LogP contribution in [0.1, 0.15) is 31.7 Å². The van der Waals surface area contributed by atoms with Crippen LogP contribution >= 0.6 is 12.4 Å². The second-order valence-electron chi connectivity index (χ2n) is 7.20. The molecule has 29 heavy (non-hydrogen) atoms.